The molecule has 3 rings (SSSR count). The van der Waals surface area contributed by atoms with E-state index in [1.54, 1.807) is 0 Å². The van der Waals surface area contributed by atoms with E-state index in [-0.39, 0.29) is 11.8 Å². The number of rotatable bonds is 9. The molecule has 0 saturated carbocycles. The maximum absolute atomic E-state index is 11.9. The van der Waals surface area contributed by atoms with Gasteiger partial charge in [0.05, 0.1) is 6.42 Å². The molecule has 0 fully saturated rings. The van der Waals surface area contributed by atoms with Gasteiger partial charge in [-0.15, -0.1) is 0 Å². The lowest BCUT2D eigenvalue weighted by atomic mass is 10.1. The minimum absolute atomic E-state index is 0.0348. The number of carbonyl (C=O) groups excluding carboxylic acids is 2. The maximum atomic E-state index is 11.9. The smallest absolute Gasteiger partial charge is 0.224 e. The van der Waals surface area contributed by atoms with E-state index < -0.39 is 0 Å². The number of nitrogens with one attached hydrogen (secondary N) is 2. The summed E-state index contributed by atoms with van der Waals surface area (Å²) in [5, 5.41) is 6.93. The summed E-state index contributed by atoms with van der Waals surface area (Å²) in [5.74, 6) is -0.0964. The number of amides is 2. The van der Waals surface area contributed by atoms with Crippen molar-refractivity contribution in [2.45, 2.75) is 25.8 Å². The van der Waals surface area contributed by atoms with Gasteiger partial charge in [0.1, 0.15) is 0 Å². The van der Waals surface area contributed by atoms with E-state index in [9.17, 15) is 9.59 Å². The van der Waals surface area contributed by atoms with Gasteiger partial charge in [-0.25, -0.2) is 0 Å². The van der Waals surface area contributed by atoms with Crippen LogP contribution in [0.1, 0.15) is 18.4 Å². The van der Waals surface area contributed by atoms with Crippen molar-refractivity contribution in [1.82, 2.24) is 15.2 Å². The number of hydrogen-bond acceptors (Lipinski definition) is 2. The first-order valence-electron chi connectivity index (χ1n) is 9.33. The average Bonchev–Trinajstić information content (AvgIpc) is 3.09. The van der Waals surface area contributed by atoms with E-state index in [4.69, 9.17) is 0 Å². The van der Waals surface area contributed by atoms with Crippen LogP contribution in [0.3, 0.4) is 0 Å². The summed E-state index contributed by atoms with van der Waals surface area (Å²) >= 11 is 0. The first kappa shape index (κ1) is 18.7. The third-order valence-corrected chi connectivity index (χ3v) is 4.46. The van der Waals surface area contributed by atoms with Gasteiger partial charge in [-0.05, 0) is 29.5 Å². The molecule has 0 unspecified atom stereocenters. The van der Waals surface area contributed by atoms with Crippen molar-refractivity contribution in [3.05, 3.63) is 72.4 Å². The highest BCUT2D eigenvalue weighted by Crippen LogP contribution is 2.15. The lowest BCUT2D eigenvalue weighted by Gasteiger charge is -2.08. The molecule has 140 valence electrons. The van der Waals surface area contributed by atoms with Gasteiger partial charge in [0.15, 0.2) is 0 Å². The van der Waals surface area contributed by atoms with E-state index in [2.05, 4.69) is 39.6 Å². The van der Waals surface area contributed by atoms with Crippen molar-refractivity contribution >= 4 is 22.7 Å². The molecule has 0 spiro atoms. The molecule has 0 saturated heterocycles. The van der Waals surface area contributed by atoms with Crippen molar-refractivity contribution in [2.24, 2.45) is 0 Å². The van der Waals surface area contributed by atoms with Gasteiger partial charge >= 0.3 is 0 Å². The van der Waals surface area contributed by atoms with Gasteiger partial charge in [0.2, 0.25) is 11.8 Å². The fourth-order valence-corrected chi connectivity index (χ4v) is 3.06. The monoisotopic (exact) mass is 363 g/mol. The SMILES string of the molecule is O=C(CCNC(=O)Cc1ccccc1)NCCCn1ccc2ccccc21. The zero-order valence-corrected chi connectivity index (χ0v) is 15.4. The van der Waals surface area contributed by atoms with E-state index in [1.807, 2.05) is 42.5 Å². The number of benzene rings is 2. The second kappa shape index (κ2) is 9.57. The number of hydrogen-bond donors (Lipinski definition) is 2. The Kier molecular flexibility index (Phi) is 6.63. The lowest BCUT2D eigenvalue weighted by Crippen LogP contribution is -2.32. The topological polar surface area (TPSA) is 63.1 Å². The second-order valence-corrected chi connectivity index (χ2v) is 6.53. The van der Waals surface area contributed by atoms with Crippen LogP contribution in [-0.2, 0) is 22.6 Å². The molecule has 0 aliphatic carbocycles. The zero-order valence-electron chi connectivity index (χ0n) is 15.4. The van der Waals surface area contributed by atoms with Crippen LogP contribution >= 0.6 is 0 Å². The number of aryl methyl sites for hydroxylation is 1. The highest BCUT2D eigenvalue weighted by Gasteiger charge is 2.05. The van der Waals surface area contributed by atoms with Crippen molar-refractivity contribution in [2.75, 3.05) is 13.1 Å². The molecule has 5 heteroatoms. The fourth-order valence-electron chi connectivity index (χ4n) is 3.06. The van der Waals surface area contributed by atoms with Gasteiger partial charge in [-0.2, -0.15) is 0 Å². The van der Waals surface area contributed by atoms with Crippen molar-refractivity contribution in [1.29, 1.82) is 0 Å². The van der Waals surface area contributed by atoms with Crippen LogP contribution < -0.4 is 10.6 Å². The third kappa shape index (κ3) is 5.71. The first-order chi connectivity index (χ1) is 13.2. The first-order valence-corrected chi connectivity index (χ1v) is 9.33. The van der Waals surface area contributed by atoms with Crippen LogP contribution in [0.4, 0.5) is 0 Å². The Morgan fingerprint density at radius 1 is 0.815 bits per heavy atom. The summed E-state index contributed by atoms with van der Waals surface area (Å²) in [6.45, 7) is 1.85. The molecule has 0 bridgehead atoms. The van der Waals surface area contributed by atoms with Gasteiger partial charge in [-0.1, -0.05) is 48.5 Å². The van der Waals surface area contributed by atoms with Crippen LogP contribution in [0.5, 0.6) is 0 Å². The maximum Gasteiger partial charge on any atom is 0.224 e. The Bertz CT molecular complexity index is 887. The standard InChI is InChI=1S/C22H25N3O2/c26-21(11-14-24-22(27)17-18-7-2-1-3-8-18)23-13-6-15-25-16-12-19-9-4-5-10-20(19)25/h1-5,7-10,12,16H,6,11,13-15,17H2,(H,23,26)(H,24,27). The molecule has 27 heavy (non-hydrogen) atoms. The van der Waals surface area contributed by atoms with Crippen LogP contribution in [0.15, 0.2) is 66.9 Å². The van der Waals surface area contributed by atoms with Crippen molar-refractivity contribution in [3.63, 3.8) is 0 Å². The molecule has 1 heterocycles. The quantitative estimate of drug-likeness (QED) is 0.574. The van der Waals surface area contributed by atoms with Crippen LogP contribution in [0, 0.1) is 0 Å². The number of para-hydroxylation sites is 1. The van der Waals surface area contributed by atoms with Crippen molar-refractivity contribution in [3.8, 4) is 0 Å². The van der Waals surface area contributed by atoms with Crippen LogP contribution in [0.2, 0.25) is 0 Å². The Morgan fingerprint density at radius 2 is 1.56 bits per heavy atom. The molecule has 1 aromatic heterocycles. The fraction of sp³-hybridized carbons (Fsp3) is 0.273. The second-order valence-electron chi connectivity index (χ2n) is 6.53. The Hall–Kier alpha value is -3.08. The average molecular weight is 363 g/mol. The van der Waals surface area contributed by atoms with Crippen LogP contribution in [0.25, 0.3) is 10.9 Å². The Balaban J connectivity index is 1.29. The molecule has 0 aliphatic rings. The summed E-state index contributed by atoms with van der Waals surface area (Å²) in [6, 6.07) is 19.9. The molecule has 5 nitrogen and oxygen atoms in total. The summed E-state index contributed by atoms with van der Waals surface area (Å²) < 4.78 is 2.20. The number of fused-ring (bicyclic) bond motifs is 1. The molecule has 0 atom stereocenters. The minimum Gasteiger partial charge on any atom is -0.356 e. The van der Waals surface area contributed by atoms with Gasteiger partial charge in [0.25, 0.3) is 0 Å². The largest absolute Gasteiger partial charge is 0.356 e. The minimum atomic E-state index is -0.0616. The normalized spacial score (nSPS) is 10.7. The van der Waals surface area contributed by atoms with E-state index in [0.29, 0.717) is 25.9 Å². The summed E-state index contributed by atoms with van der Waals surface area (Å²) in [6.07, 6.45) is 3.58. The number of aromatic nitrogens is 1. The van der Waals surface area contributed by atoms with Crippen molar-refractivity contribution < 1.29 is 9.59 Å². The summed E-state index contributed by atoms with van der Waals surface area (Å²) in [7, 11) is 0. The molecular formula is C22H25N3O2. The lowest BCUT2D eigenvalue weighted by molar-refractivity contribution is -0.122. The van der Waals surface area contributed by atoms with E-state index in [0.717, 1.165) is 18.5 Å². The highest BCUT2D eigenvalue weighted by molar-refractivity contribution is 5.80. The van der Waals surface area contributed by atoms with Crippen LogP contribution in [-0.4, -0.2) is 29.5 Å². The molecule has 3 aromatic rings. The predicted octanol–water partition coefficient (Wildman–Crippen LogP) is 2.90. The zero-order chi connectivity index (χ0) is 18.9. The number of nitrogens with zero attached hydrogens (tertiary/aromatic N) is 1. The Labute approximate surface area is 159 Å². The summed E-state index contributed by atoms with van der Waals surface area (Å²) in [4.78, 5) is 23.7. The third-order valence-electron chi connectivity index (χ3n) is 4.46. The molecule has 2 aromatic carbocycles. The van der Waals surface area contributed by atoms with Gasteiger partial charge < -0.3 is 15.2 Å². The molecule has 0 aliphatic heterocycles. The molecular weight excluding hydrogens is 338 g/mol. The van der Waals surface area contributed by atoms with Gasteiger partial charge in [0, 0.05) is 37.8 Å². The highest BCUT2D eigenvalue weighted by atomic mass is 16.2. The molecule has 2 N–H and O–H groups in total. The van der Waals surface area contributed by atoms with E-state index >= 15 is 0 Å². The van der Waals surface area contributed by atoms with E-state index in [1.165, 1.54) is 10.9 Å². The van der Waals surface area contributed by atoms with Gasteiger partial charge in [-0.3, -0.25) is 9.59 Å². The number of carbonyl (C=O) groups is 2. The molecule has 2 amide bonds. The Morgan fingerprint density at radius 3 is 2.41 bits per heavy atom. The predicted molar refractivity (Wildman–Crippen MR) is 107 cm³/mol. The molecule has 0 radical (unpaired) electrons. The summed E-state index contributed by atoms with van der Waals surface area (Å²) in [5.41, 5.74) is 2.18.